The highest BCUT2D eigenvalue weighted by Gasteiger charge is 2.44. The summed E-state index contributed by atoms with van der Waals surface area (Å²) in [6.45, 7) is 10.0. The second-order valence-corrected chi connectivity index (χ2v) is 22.7. The molecule has 0 aromatic rings. The average Bonchev–Trinajstić information content (AvgIpc) is 3.20. The summed E-state index contributed by atoms with van der Waals surface area (Å²) in [7, 11) is 0. The van der Waals surface area contributed by atoms with Crippen molar-refractivity contribution in [2.75, 3.05) is 0 Å². The lowest BCUT2D eigenvalue weighted by Crippen LogP contribution is -2.54. The molecule has 0 spiro atoms. The van der Waals surface area contributed by atoms with Gasteiger partial charge < -0.3 is 0 Å². The first kappa shape index (κ1) is 40.4. The van der Waals surface area contributed by atoms with Gasteiger partial charge in [0.25, 0.3) is 0 Å². The molecule has 2 nitrogen and oxygen atoms in total. The van der Waals surface area contributed by atoms with Crippen molar-refractivity contribution in [2.24, 2.45) is 59.2 Å². The number of allylic oxidation sites excluding steroid dienone is 2. The van der Waals surface area contributed by atoms with E-state index in [1.165, 1.54) is 161 Å². The summed E-state index contributed by atoms with van der Waals surface area (Å²) in [5, 5.41) is 0. The fraction of sp³-hybridized carbons (Fsp3) is 0.962. The van der Waals surface area contributed by atoms with Crippen LogP contribution < -0.4 is 0 Å². The molecular formula is C52H90N2. The lowest BCUT2D eigenvalue weighted by Gasteiger charge is -2.52. The summed E-state index contributed by atoms with van der Waals surface area (Å²) in [4.78, 5) is 6.42. The quantitative estimate of drug-likeness (QED) is 0.217. The molecule has 0 aromatic heterocycles. The van der Waals surface area contributed by atoms with E-state index < -0.39 is 0 Å². The fourth-order valence-electron chi connectivity index (χ4n) is 15.3. The van der Waals surface area contributed by atoms with Crippen molar-refractivity contribution in [3.05, 3.63) is 12.2 Å². The minimum absolute atomic E-state index is 0.864. The molecule has 8 fully saturated rings. The standard InChI is InChI=1S/C52H90N2/c1-37-5-24-47(25-6-37)53(48-26-7-38(2)8-27-48)51-32-17-42(18-33-51)14-13-41-15-19-43(20-16-41)44-21-22-46-36-52(34-23-45(46)35-44)54(49-28-9-39(3)10-29-49)50-30-11-40(4)12-31-50/h13-14,37-52H,5-12,15-36H2,1-4H3/b14-13+. The molecule has 8 saturated carbocycles. The Labute approximate surface area is 336 Å². The van der Waals surface area contributed by atoms with Crippen molar-refractivity contribution >= 4 is 0 Å². The van der Waals surface area contributed by atoms with Gasteiger partial charge in [0, 0.05) is 36.3 Å². The Hall–Kier alpha value is -0.340. The van der Waals surface area contributed by atoms with E-state index in [0.717, 1.165) is 95.4 Å². The first-order chi connectivity index (χ1) is 26.4. The maximum Gasteiger partial charge on any atom is 0.0104 e. The third-order valence-electron chi connectivity index (χ3n) is 19.0. The van der Waals surface area contributed by atoms with E-state index in [1.54, 1.807) is 32.1 Å². The molecule has 4 unspecified atom stereocenters. The second kappa shape index (κ2) is 19.2. The molecule has 0 aromatic carbocycles. The van der Waals surface area contributed by atoms with Crippen LogP contribution in [0.5, 0.6) is 0 Å². The highest BCUT2D eigenvalue weighted by atomic mass is 15.2. The van der Waals surface area contributed by atoms with E-state index in [1.807, 2.05) is 0 Å². The van der Waals surface area contributed by atoms with Crippen LogP contribution in [0.4, 0.5) is 0 Å². The van der Waals surface area contributed by atoms with Crippen LogP contribution in [0.1, 0.15) is 220 Å². The zero-order valence-corrected chi connectivity index (χ0v) is 36.5. The lowest BCUT2D eigenvalue weighted by atomic mass is 9.61. The third kappa shape index (κ3) is 10.1. The van der Waals surface area contributed by atoms with Crippen molar-refractivity contribution in [1.29, 1.82) is 0 Å². The van der Waals surface area contributed by atoms with Gasteiger partial charge in [0.1, 0.15) is 0 Å². The van der Waals surface area contributed by atoms with Crippen molar-refractivity contribution in [2.45, 2.75) is 257 Å². The Balaban J connectivity index is 0.777. The monoisotopic (exact) mass is 743 g/mol. The van der Waals surface area contributed by atoms with Gasteiger partial charge in [0.05, 0.1) is 0 Å². The minimum atomic E-state index is 0.864. The van der Waals surface area contributed by atoms with E-state index in [-0.39, 0.29) is 0 Å². The van der Waals surface area contributed by atoms with Gasteiger partial charge in [-0.25, -0.2) is 0 Å². The lowest BCUT2D eigenvalue weighted by molar-refractivity contribution is -0.0226. The molecule has 8 aliphatic rings. The maximum atomic E-state index is 3.24. The molecule has 0 heterocycles. The maximum absolute atomic E-state index is 3.24. The molecule has 0 amide bonds. The summed E-state index contributed by atoms with van der Waals surface area (Å²) in [6.07, 6.45) is 50.6. The number of hydrogen-bond acceptors (Lipinski definition) is 2. The highest BCUT2D eigenvalue weighted by molar-refractivity contribution is 5.01. The van der Waals surface area contributed by atoms with Gasteiger partial charge in [-0.3, -0.25) is 9.80 Å². The van der Waals surface area contributed by atoms with Crippen molar-refractivity contribution in [3.63, 3.8) is 0 Å². The molecule has 0 aliphatic heterocycles. The van der Waals surface area contributed by atoms with Crippen molar-refractivity contribution in [1.82, 2.24) is 9.80 Å². The predicted octanol–water partition coefficient (Wildman–Crippen LogP) is 14.4. The van der Waals surface area contributed by atoms with E-state index in [2.05, 4.69) is 49.6 Å². The number of rotatable bonds is 9. The second-order valence-electron chi connectivity index (χ2n) is 22.7. The largest absolute Gasteiger partial charge is 0.294 e. The molecular weight excluding hydrogens is 653 g/mol. The SMILES string of the molecule is CC1CCC(N(C2CCC(C)CC2)C2CCC(/C=C/C3CCC(C4CCC5CC(N(C6CCC(C)CC6)C6CCC(C)CC6)CCC5C4)CC3)CC2)CC1. The van der Waals surface area contributed by atoms with Crippen LogP contribution >= 0.6 is 0 Å². The van der Waals surface area contributed by atoms with Gasteiger partial charge in [0.2, 0.25) is 0 Å². The van der Waals surface area contributed by atoms with E-state index >= 15 is 0 Å². The molecule has 4 atom stereocenters. The predicted molar refractivity (Wildman–Crippen MR) is 232 cm³/mol. The molecule has 8 aliphatic carbocycles. The van der Waals surface area contributed by atoms with E-state index in [9.17, 15) is 0 Å². The number of fused-ring (bicyclic) bond motifs is 1. The molecule has 2 heteroatoms. The Bertz CT molecular complexity index is 1070. The van der Waals surface area contributed by atoms with Gasteiger partial charge >= 0.3 is 0 Å². The van der Waals surface area contributed by atoms with Crippen LogP contribution in [-0.4, -0.2) is 46.1 Å². The topological polar surface area (TPSA) is 6.48 Å². The van der Waals surface area contributed by atoms with E-state index in [4.69, 9.17) is 0 Å². The Morgan fingerprint density at radius 2 is 0.519 bits per heavy atom. The summed E-state index contributed by atoms with van der Waals surface area (Å²) >= 11 is 0. The fourth-order valence-corrected chi connectivity index (χ4v) is 15.3. The van der Waals surface area contributed by atoms with Gasteiger partial charge in [0.15, 0.2) is 0 Å². The molecule has 0 N–H and O–H groups in total. The van der Waals surface area contributed by atoms with E-state index in [0.29, 0.717) is 0 Å². The molecule has 8 rings (SSSR count). The molecule has 0 radical (unpaired) electrons. The van der Waals surface area contributed by atoms with Crippen molar-refractivity contribution in [3.8, 4) is 0 Å². The zero-order valence-electron chi connectivity index (χ0n) is 36.5. The van der Waals surface area contributed by atoms with Gasteiger partial charge in [-0.2, -0.15) is 0 Å². The summed E-state index contributed by atoms with van der Waals surface area (Å²) < 4.78 is 0. The minimum Gasteiger partial charge on any atom is -0.294 e. The van der Waals surface area contributed by atoms with Crippen LogP contribution in [-0.2, 0) is 0 Å². The Morgan fingerprint density at radius 3 is 0.926 bits per heavy atom. The highest BCUT2D eigenvalue weighted by Crippen LogP contribution is 2.50. The van der Waals surface area contributed by atoms with Gasteiger partial charge in [-0.15, -0.1) is 0 Å². The zero-order chi connectivity index (χ0) is 37.0. The molecule has 308 valence electrons. The van der Waals surface area contributed by atoms with Crippen LogP contribution in [0.15, 0.2) is 12.2 Å². The average molecular weight is 743 g/mol. The molecule has 0 saturated heterocycles. The first-order valence-electron chi connectivity index (χ1n) is 25.6. The van der Waals surface area contributed by atoms with Gasteiger partial charge in [-0.05, 0) is 252 Å². The number of hydrogen-bond donors (Lipinski definition) is 0. The van der Waals surface area contributed by atoms with Crippen LogP contribution in [0.2, 0.25) is 0 Å². The molecule has 0 bridgehead atoms. The molecule has 54 heavy (non-hydrogen) atoms. The van der Waals surface area contributed by atoms with Crippen molar-refractivity contribution < 1.29 is 0 Å². The smallest absolute Gasteiger partial charge is 0.0104 e. The number of nitrogens with zero attached hydrogens (tertiary/aromatic N) is 2. The van der Waals surface area contributed by atoms with Gasteiger partial charge in [-0.1, -0.05) is 39.8 Å². The van der Waals surface area contributed by atoms with Crippen LogP contribution in [0.3, 0.4) is 0 Å². The summed E-state index contributed by atoms with van der Waals surface area (Å²) in [5.41, 5.74) is 0. The summed E-state index contributed by atoms with van der Waals surface area (Å²) in [6, 6.07) is 5.41. The normalized spacial score (nSPS) is 47.1. The third-order valence-corrected chi connectivity index (χ3v) is 19.0. The van der Waals surface area contributed by atoms with Crippen LogP contribution in [0.25, 0.3) is 0 Å². The summed E-state index contributed by atoms with van der Waals surface area (Å²) in [5.74, 6) is 9.83. The first-order valence-corrected chi connectivity index (χ1v) is 25.6. The Morgan fingerprint density at radius 1 is 0.259 bits per heavy atom. The van der Waals surface area contributed by atoms with Crippen LogP contribution in [0, 0.1) is 59.2 Å². The Kier molecular flexibility index (Phi) is 14.3.